The summed E-state index contributed by atoms with van der Waals surface area (Å²) in [6.07, 6.45) is 1.63. The maximum absolute atomic E-state index is 12.4. The fourth-order valence-electron chi connectivity index (χ4n) is 2.07. The molecule has 1 amide bonds. The van der Waals surface area contributed by atoms with Crippen LogP contribution in [0.25, 0.3) is 10.8 Å². The Labute approximate surface area is 118 Å². The molecule has 20 heavy (non-hydrogen) atoms. The van der Waals surface area contributed by atoms with Gasteiger partial charge in [-0.05, 0) is 18.7 Å². The molecule has 2 aromatic rings. The van der Waals surface area contributed by atoms with E-state index in [0.29, 0.717) is 24.3 Å². The number of nitrogens with zero attached hydrogens (tertiary/aromatic N) is 2. The summed E-state index contributed by atoms with van der Waals surface area (Å²) in [5, 5.41) is 10.9. The Hall–Kier alpha value is -2.14. The molecule has 0 aliphatic rings. The number of nitrogen functional groups attached to an aromatic ring is 1. The molecule has 0 radical (unpaired) electrons. The molecule has 0 saturated heterocycles. The summed E-state index contributed by atoms with van der Waals surface area (Å²) in [7, 11) is 1.72. The van der Waals surface area contributed by atoms with Crippen LogP contribution in [0.3, 0.4) is 0 Å². The van der Waals surface area contributed by atoms with Gasteiger partial charge < -0.3 is 15.7 Å². The van der Waals surface area contributed by atoms with Crippen molar-refractivity contribution in [1.82, 2.24) is 9.88 Å². The van der Waals surface area contributed by atoms with Crippen molar-refractivity contribution in [2.75, 3.05) is 19.3 Å². The molecule has 1 unspecified atom stereocenters. The van der Waals surface area contributed by atoms with Gasteiger partial charge in [-0.3, -0.25) is 4.79 Å². The Kier molecular flexibility index (Phi) is 4.20. The van der Waals surface area contributed by atoms with E-state index < -0.39 is 6.10 Å². The van der Waals surface area contributed by atoms with Gasteiger partial charge in [-0.1, -0.05) is 24.3 Å². The number of aromatic nitrogens is 1. The number of rotatable bonds is 4. The summed E-state index contributed by atoms with van der Waals surface area (Å²) >= 11 is 0. The van der Waals surface area contributed by atoms with Crippen molar-refractivity contribution < 1.29 is 9.90 Å². The highest BCUT2D eigenvalue weighted by Crippen LogP contribution is 2.23. The number of pyridine rings is 1. The van der Waals surface area contributed by atoms with Crippen molar-refractivity contribution in [2.45, 2.75) is 19.4 Å². The Morgan fingerprint density at radius 1 is 1.40 bits per heavy atom. The summed E-state index contributed by atoms with van der Waals surface area (Å²) in [4.78, 5) is 18.1. The van der Waals surface area contributed by atoms with Crippen LogP contribution in [0, 0.1) is 0 Å². The van der Waals surface area contributed by atoms with Gasteiger partial charge in [0.15, 0.2) is 0 Å². The lowest BCUT2D eigenvalue weighted by molar-refractivity contribution is 0.0770. The van der Waals surface area contributed by atoms with Gasteiger partial charge in [-0.15, -0.1) is 0 Å². The first kappa shape index (κ1) is 14.3. The Morgan fingerprint density at radius 3 is 2.70 bits per heavy atom. The first-order chi connectivity index (χ1) is 9.50. The topological polar surface area (TPSA) is 79.5 Å². The smallest absolute Gasteiger partial charge is 0.255 e. The second-order valence-electron chi connectivity index (χ2n) is 4.97. The number of hydrogen-bond acceptors (Lipinski definition) is 4. The van der Waals surface area contributed by atoms with E-state index in [2.05, 4.69) is 4.98 Å². The molecule has 0 fully saturated rings. The molecule has 1 atom stereocenters. The normalized spacial score (nSPS) is 12.3. The zero-order valence-corrected chi connectivity index (χ0v) is 11.7. The van der Waals surface area contributed by atoms with Crippen molar-refractivity contribution in [3.63, 3.8) is 0 Å². The van der Waals surface area contributed by atoms with E-state index in [4.69, 9.17) is 5.73 Å². The van der Waals surface area contributed by atoms with Crippen LogP contribution in [-0.4, -0.2) is 40.6 Å². The summed E-state index contributed by atoms with van der Waals surface area (Å²) < 4.78 is 0. The zero-order valence-electron chi connectivity index (χ0n) is 11.7. The maximum atomic E-state index is 12.4. The highest BCUT2D eigenvalue weighted by molar-refractivity contribution is 6.08. The van der Waals surface area contributed by atoms with Gasteiger partial charge in [0.05, 0.1) is 11.7 Å². The summed E-state index contributed by atoms with van der Waals surface area (Å²) in [6.45, 7) is 2.20. The largest absolute Gasteiger partial charge is 0.393 e. The quantitative estimate of drug-likeness (QED) is 0.888. The van der Waals surface area contributed by atoms with Crippen LogP contribution >= 0.6 is 0 Å². The van der Waals surface area contributed by atoms with E-state index in [1.165, 1.54) is 6.20 Å². The fourth-order valence-corrected chi connectivity index (χ4v) is 2.07. The van der Waals surface area contributed by atoms with Crippen LogP contribution < -0.4 is 5.73 Å². The van der Waals surface area contributed by atoms with Crippen LogP contribution in [-0.2, 0) is 0 Å². The standard InChI is InChI=1S/C15H19N3O2/c1-10(19)7-8-18(2)15(20)13-9-17-14(16)12-6-4-3-5-11(12)13/h3-6,9-10,19H,7-8H2,1-2H3,(H2,16,17). The lowest BCUT2D eigenvalue weighted by atomic mass is 10.1. The Bertz CT molecular complexity index is 626. The minimum absolute atomic E-state index is 0.116. The second kappa shape index (κ2) is 5.88. The maximum Gasteiger partial charge on any atom is 0.255 e. The molecule has 1 heterocycles. The van der Waals surface area contributed by atoms with Crippen molar-refractivity contribution in [1.29, 1.82) is 0 Å². The van der Waals surface area contributed by atoms with Gasteiger partial charge in [0.25, 0.3) is 5.91 Å². The van der Waals surface area contributed by atoms with Gasteiger partial charge in [-0.2, -0.15) is 0 Å². The molecule has 0 aliphatic carbocycles. The zero-order chi connectivity index (χ0) is 14.7. The van der Waals surface area contributed by atoms with E-state index in [1.807, 2.05) is 24.3 Å². The molecular weight excluding hydrogens is 254 g/mol. The van der Waals surface area contributed by atoms with Gasteiger partial charge in [0, 0.05) is 25.2 Å². The number of carbonyl (C=O) groups excluding carboxylic acids is 1. The predicted molar refractivity (Wildman–Crippen MR) is 79.4 cm³/mol. The lowest BCUT2D eigenvalue weighted by Gasteiger charge is -2.19. The molecule has 0 aliphatic heterocycles. The van der Waals surface area contributed by atoms with Gasteiger partial charge >= 0.3 is 0 Å². The van der Waals surface area contributed by atoms with E-state index in [0.717, 1.165) is 10.8 Å². The number of fused-ring (bicyclic) bond motifs is 1. The number of nitrogens with two attached hydrogens (primary N) is 1. The minimum Gasteiger partial charge on any atom is -0.393 e. The minimum atomic E-state index is -0.425. The molecule has 3 N–H and O–H groups in total. The average molecular weight is 273 g/mol. The number of benzene rings is 1. The molecule has 0 saturated carbocycles. The fraction of sp³-hybridized carbons (Fsp3) is 0.333. The highest BCUT2D eigenvalue weighted by Gasteiger charge is 2.16. The predicted octanol–water partition coefficient (Wildman–Crippen LogP) is 1.66. The SMILES string of the molecule is CC(O)CCN(C)C(=O)c1cnc(N)c2ccccc12. The molecule has 0 spiro atoms. The molecular formula is C15H19N3O2. The number of amides is 1. The monoisotopic (exact) mass is 273 g/mol. The van der Waals surface area contributed by atoms with E-state index >= 15 is 0 Å². The van der Waals surface area contributed by atoms with Gasteiger partial charge in [0.2, 0.25) is 0 Å². The van der Waals surface area contributed by atoms with Crippen LogP contribution in [0.1, 0.15) is 23.7 Å². The van der Waals surface area contributed by atoms with Gasteiger partial charge in [0.1, 0.15) is 5.82 Å². The molecule has 2 rings (SSSR count). The number of carbonyl (C=O) groups is 1. The Morgan fingerprint density at radius 2 is 2.05 bits per heavy atom. The molecule has 5 heteroatoms. The molecule has 1 aromatic carbocycles. The highest BCUT2D eigenvalue weighted by atomic mass is 16.3. The van der Waals surface area contributed by atoms with Crippen molar-refractivity contribution in [3.05, 3.63) is 36.0 Å². The summed E-state index contributed by atoms with van der Waals surface area (Å²) in [5.41, 5.74) is 6.36. The third-order valence-corrected chi connectivity index (χ3v) is 3.29. The lowest BCUT2D eigenvalue weighted by Crippen LogP contribution is -2.29. The second-order valence-corrected chi connectivity index (χ2v) is 4.97. The third-order valence-electron chi connectivity index (χ3n) is 3.29. The van der Waals surface area contributed by atoms with E-state index in [-0.39, 0.29) is 5.91 Å². The number of hydrogen-bond donors (Lipinski definition) is 2. The molecule has 1 aromatic heterocycles. The Balaban J connectivity index is 2.33. The molecule has 5 nitrogen and oxygen atoms in total. The van der Waals surface area contributed by atoms with E-state index in [1.54, 1.807) is 18.9 Å². The van der Waals surface area contributed by atoms with Crippen LogP contribution in [0.5, 0.6) is 0 Å². The number of aliphatic hydroxyl groups is 1. The first-order valence-corrected chi connectivity index (χ1v) is 6.57. The summed E-state index contributed by atoms with van der Waals surface area (Å²) in [6, 6.07) is 7.45. The molecule has 106 valence electrons. The number of aliphatic hydroxyl groups excluding tert-OH is 1. The van der Waals surface area contributed by atoms with Crippen molar-refractivity contribution >= 4 is 22.5 Å². The number of anilines is 1. The average Bonchev–Trinajstić information content (AvgIpc) is 2.44. The third kappa shape index (κ3) is 2.88. The van der Waals surface area contributed by atoms with Crippen molar-refractivity contribution in [2.24, 2.45) is 0 Å². The van der Waals surface area contributed by atoms with Gasteiger partial charge in [-0.25, -0.2) is 4.98 Å². The van der Waals surface area contributed by atoms with Crippen LogP contribution in [0.2, 0.25) is 0 Å². The van der Waals surface area contributed by atoms with Crippen LogP contribution in [0.4, 0.5) is 5.82 Å². The summed E-state index contributed by atoms with van der Waals surface area (Å²) in [5.74, 6) is 0.304. The first-order valence-electron chi connectivity index (χ1n) is 6.57. The van der Waals surface area contributed by atoms with Crippen molar-refractivity contribution in [3.8, 4) is 0 Å². The molecule has 0 bridgehead atoms. The van der Waals surface area contributed by atoms with E-state index in [9.17, 15) is 9.90 Å². The van der Waals surface area contributed by atoms with Crippen LogP contribution in [0.15, 0.2) is 30.5 Å².